The van der Waals surface area contributed by atoms with Crippen LogP contribution in [0, 0.1) is 0 Å². The first-order chi connectivity index (χ1) is 10.6. The largest absolute Gasteiger partial charge is 0.298 e. The molecular weight excluding hydrogens is 428 g/mol. The van der Waals surface area contributed by atoms with Gasteiger partial charge in [-0.05, 0) is 30.3 Å². The van der Waals surface area contributed by atoms with Crippen molar-refractivity contribution in [3.8, 4) is 11.3 Å². The molecule has 1 aromatic heterocycles. The highest BCUT2D eigenvalue weighted by molar-refractivity contribution is 9.10. The SMILES string of the molecule is O=C(Nc1nc(-c2ccc(Br)cc2)cs1)c1cccc(Br)c1. The highest BCUT2D eigenvalue weighted by Crippen LogP contribution is 2.26. The number of rotatable bonds is 3. The second-order valence-electron chi connectivity index (χ2n) is 4.51. The topological polar surface area (TPSA) is 42.0 Å². The van der Waals surface area contributed by atoms with Crippen LogP contribution in [0.15, 0.2) is 62.9 Å². The van der Waals surface area contributed by atoms with Crippen molar-refractivity contribution in [2.24, 2.45) is 0 Å². The lowest BCUT2D eigenvalue weighted by Crippen LogP contribution is -2.11. The summed E-state index contributed by atoms with van der Waals surface area (Å²) in [5, 5.41) is 5.34. The van der Waals surface area contributed by atoms with Gasteiger partial charge in [-0.25, -0.2) is 4.98 Å². The number of carbonyl (C=O) groups is 1. The third kappa shape index (κ3) is 3.63. The Morgan fingerprint density at radius 1 is 1.05 bits per heavy atom. The second kappa shape index (κ2) is 6.73. The first kappa shape index (κ1) is 15.4. The van der Waals surface area contributed by atoms with E-state index >= 15 is 0 Å². The first-order valence-electron chi connectivity index (χ1n) is 6.40. The summed E-state index contributed by atoms with van der Waals surface area (Å²) in [6.45, 7) is 0. The number of nitrogens with zero attached hydrogens (tertiary/aromatic N) is 1. The summed E-state index contributed by atoms with van der Waals surface area (Å²) in [6, 6.07) is 15.2. The van der Waals surface area contributed by atoms with Crippen molar-refractivity contribution >= 4 is 54.2 Å². The van der Waals surface area contributed by atoms with Gasteiger partial charge in [0.15, 0.2) is 5.13 Å². The molecule has 1 N–H and O–H groups in total. The predicted molar refractivity (Wildman–Crippen MR) is 97.3 cm³/mol. The van der Waals surface area contributed by atoms with Gasteiger partial charge in [0.1, 0.15) is 0 Å². The average Bonchev–Trinajstić information content (AvgIpc) is 2.96. The normalized spacial score (nSPS) is 10.5. The van der Waals surface area contributed by atoms with Gasteiger partial charge in [-0.1, -0.05) is 50.1 Å². The Bertz CT molecular complexity index is 815. The number of halogens is 2. The maximum Gasteiger partial charge on any atom is 0.257 e. The molecule has 1 amide bonds. The highest BCUT2D eigenvalue weighted by Gasteiger charge is 2.10. The van der Waals surface area contributed by atoms with Crippen molar-refractivity contribution in [1.29, 1.82) is 0 Å². The fraction of sp³-hybridized carbons (Fsp3) is 0. The Morgan fingerprint density at radius 2 is 1.82 bits per heavy atom. The molecule has 3 rings (SSSR count). The summed E-state index contributed by atoms with van der Waals surface area (Å²) >= 11 is 8.18. The summed E-state index contributed by atoms with van der Waals surface area (Å²) in [4.78, 5) is 16.6. The molecule has 0 aliphatic rings. The van der Waals surface area contributed by atoms with E-state index < -0.39 is 0 Å². The van der Waals surface area contributed by atoms with Gasteiger partial charge in [0.25, 0.3) is 5.91 Å². The standard InChI is InChI=1S/C16H10Br2N2OS/c17-12-6-4-10(5-7-12)14-9-22-16(19-14)20-15(21)11-2-1-3-13(18)8-11/h1-9H,(H,19,20,21). The molecule has 0 bridgehead atoms. The lowest BCUT2D eigenvalue weighted by Gasteiger charge is -2.02. The number of hydrogen-bond donors (Lipinski definition) is 1. The Hall–Kier alpha value is -1.50. The van der Waals surface area contributed by atoms with E-state index in [4.69, 9.17) is 0 Å². The van der Waals surface area contributed by atoms with E-state index in [-0.39, 0.29) is 5.91 Å². The predicted octanol–water partition coefficient (Wildman–Crippen LogP) is 5.59. The average molecular weight is 438 g/mol. The number of benzene rings is 2. The summed E-state index contributed by atoms with van der Waals surface area (Å²) in [5.41, 5.74) is 2.46. The van der Waals surface area contributed by atoms with Crippen LogP contribution in [0.1, 0.15) is 10.4 Å². The van der Waals surface area contributed by atoms with Gasteiger partial charge in [0.05, 0.1) is 5.69 Å². The third-order valence-electron chi connectivity index (χ3n) is 2.95. The molecular formula is C16H10Br2N2OS. The van der Waals surface area contributed by atoms with E-state index in [0.717, 1.165) is 20.2 Å². The summed E-state index contributed by atoms with van der Waals surface area (Å²) < 4.78 is 1.89. The molecule has 3 aromatic rings. The van der Waals surface area contributed by atoms with E-state index in [1.54, 1.807) is 12.1 Å². The van der Waals surface area contributed by atoms with Crippen molar-refractivity contribution in [2.45, 2.75) is 0 Å². The van der Waals surface area contributed by atoms with Crippen LogP contribution in [0.2, 0.25) is 0 Å². The van der Waals surface area contributed by atoms with Gasteiger partial charge in [-0.2, -0.15) is 0 Å². The van der Waals surface area contributed by atoms with Gasteiger partial charge >= 0.3 is 0 Å². The fourth-order valence-corrected chi connectivity index (χ4v) is 3.26. The van der Waals surface area contributed by atoms with E-state index in [1.165, 1.54) is 11.3 Å². The zero-order chi connectivity index (χ0) is 15.5. The number of thiazole rings is 1. The smallest absolute Gasteiger partial charge is 0.257 e. The van der Waals surface area contributed by atoms with E-state index in [0.29, 0.717) is 10.7 Å². The molecule has 22 heavy (non-hydrogen) atoms. The van der Waals surface area contributed by atoms with Crippen LogP contribution in [0.25, 0.3) is 11.3 Å². The Kier molecular flexibility index (Phi) is 4.71. The maximum absolute atomic E-state index is 12.2. The summed E-state index contributed by atoms with van der Waals surface area (Å²) in [6.07, 6.45) is 0. The Labute approximate surface area is 148 Å². The monoisotopic (exact) mass is 436 g/mol. The summed E-state index contributed by atoms with van der Waals surface area (Å²) in [7, 11) is 0. The lowest BCUT2D eigenvalue weighted by molar-refractivity contribution is 0.102. The molecule has 0 radical (unpaired) electrons. The molecule has 0 spiro atoms. The van der Waals surface area contributed by atoms with Crippen LogP contribution in [-0.4, -0.2) is 10.9 Å². The van der Waals surface area contributed by atoms with Crippen molar-refractivity contribution in [2.75, 3.05) is 5.32 Å². The second-order valence-corrected chi connectivity index (χ2v) is 7.20. The van der Waals surface area contributed by atoms with Gasteiger partial charge in [0, 0.05) is 25.5 Å². The molecule has 0 unspecified atom stereocenters. The molecule has 3 nitrogen and oxygen atoms in total. The Morgan fingerprint density at radius 3 is 2.55 bits per heavy atom. The number of nitrogens with one attached hydrogen (secondary N) is 1. The van der Waals surface area contributed by atoms with Gasteiger partial charge in [0.2, 0.25) is 0 Å². The quantitative estimate of drug-likeness (QED) is 0.580. The molecule has 0 aliphatic carbocycles. The maximum atomic E-state index is 12.2. The van der Waals surface area contributed by atoms with Crippen molar-refractivity contribution in [3.63, 3.8) is 0 Å². The molecule has 110 valence electrons. The Balaban J connectivity index is 1.77. The molecule has 0 atom stereocenters. The first-order valence-corrected chi connectivity index (χ1v) is 8.87. The van der Waals surface area contributed by atoms with Crippen LogP contribution in [0.5, 0.6) is 0 Å². The number of hydrogen-bond acceptors (Lipinski definition) is 3. The van der Waals surface area contributed by atoms with Crippen molar-refractivity contribution in [3.05, 3.63) is 68.4 Å². The fourth-order valence-electron chi connectivity index (χ4n) is 1.88. The zero-order valence-corrected chi connectivity index (χ0v) is 15.2. The van der Waals surface area contributed by atoms with Gasteiger partial charge in [-0.3, -0.25) is 10.1 Å². The van der Waals surface area contributed by atoms with Crippen LogP contribution < -0.4 is 5.32 Å². The number of aromatic nitrogens is 1. The van der Waals surface area contributed by atoms with Crippen molar-refractivity contribution in [1.82, 2.24) is 4.98 Å². The number of amides is 1. The van der Waals surface area contributed by atoms with Gasteiger partial charge < -0.3 is 0 Å². The lowest BCUT2D eigenvalue weighted by atomic mass is 10.2. The minimum Gasteiger partial charge on any atom is -0.298 e. The molecule has 2 aromatic carbocycles. The van der Waals surface area contributed by atoms with Crippen LogP contribution in [-0.2, 0) is 0 Å². The third-order valence-corrected chi connectivity index (χ3v) is 4.73. The number of carbonyl (C=O) groups excluding carboxylic acids is 1. The van der Waals surface area contributed by atoms with Crippen LogP contribution in [0.3, 0.4) is 0 Å². The molecule has 1 heterocycles. The number of anilines is 1. The van der Waals surface area contributed by atoms with E-state index in [1.807, 2.05) is 41.8 Å². The minimum atomic E-state index is -0.169. The molecule has 0 saturated heterocycles. The zero-order valence-electron chi connectivity index (χ0n) is 11.2. The summed E-state index contributed by atoms with van der Waals surface area (Å²) in [5.74, 6) is -0.169. The van der Waals surface area contributed by atoms with Crippen LogP contribution in [0.4, 0.5) is 5.13 Å². The molecule has 0 saturated carbocycles. The van der Waals surface area contributed by atoms with Crippen molar-refractivity contribution < 1.29 is 4.79 Å². The van der Waals surface area contributed by atoms with E-state index in [9.17, 15) is 4.79 Å². The minimum absolute atomic E-state index is 0.169. The highest BCUT2D eigenvalue weighted by atomic mass is 79.9. The van der Waals surface area contributed by atoms with Gasteiger partial charge in [-0.15, -0.1) is 11.3 Å². The van der Waals surface area contributed by atoms with Crippen LogP contribution >= 0.6 is 43.2 Å². The molecule has 6 heteroatoms. The molecule has 0 fully saturated rings. The molecule has 0 aliphatic heterocycles. The van der Waals surface area contributed by atoms with E-state index in [2.05, 4.69) is 42.2 Å².